The van der Waals surface area contributed by atoms with Crippen molar-refractivity contribution in [1.29, 1.82) is 0 Å². The third-order valence-corrected chi connectivity index (χ3v) is 1.93. The lowest BCUT2D eigenvalue weighted by atomic mass is 10.3. The number of hydrogen-bond donors (Lipinski definition) is 1. The predicted octanol–water partition coefficient (Wildman–Crippen LogP) is 2.08. The zero-order chi connectivity index (χ0) is 11.8. The molecule has 1 aromatic rings. The molecule has 1 rings (SSSR count). The highest BCUT2D eigenvalue weighted by molar-refractivity contribution is 5.50. The number of nitrogens with two attached hydrogens (primary N) is 1. The van der Waals surface area contributed by atoms with Gasteiger partial charge in [-0.2, -0.15) is 0 Å². The van der Waals surface area contributed by atoms with Crippen LogP contribution in [0.4, 0.5) is 5.69 Å². The van der Waals surface area contributed by atoms with E-state index in [1.54, 1.807) is 19.2 Å². The maximum absolute atomic E-state index is 5.74. The van der Waals surface area contributed by atoms with E-state index in [1.165, 1.54) is 0 Å². The fraction of sp³-hybridized carbons (Fsp3) is 0.500. The van der Waals surface area contributed by atoms with Crippen molar-refractivity contribution in [3.63, 3.8) is 0 Å². The van der Waals surface area contributed by atoms with Crippen LogP contribution < -0.4 is 15.2 Å². The van der Waals surface area contributed by atoms with Crippen LogP contribution in [0.2, 0.25) is 0 Å². The van der Waals surface area contributed by atoms with E-state index in [9.17, 15) is 0 Å². The third-order valence-electron chi connectivity index (χ3n) is 1.93. The van der Waals surface area contributed by atoms with Crippen molar-refractivity contribution in [3.05, 3.63) is 18.2 Å². The zero-order valence-electron chi connectivity index (χ0n) is 9.86. The van der Waals surface area contributed by atoms with Crippen LogP contribution in [0.1, 0.15) is 13.3 Å². The topological polar surface area (TPSA) is 53.7 Å². The molecule has 0 atom stereocenters. The SMILES string of the molecule is CCCOc1cc(N)cc(OCCOC)c1. The zero-order valence-corrected chi connectivity index (χ0v) is 9.86. The Hall–Kier alpha value is -1.42. The highest BCUT2D eigenvalue weighted by Gasteiger charge is 2.01. The van der Waals surface area contributed by atoms with E-state index in [0.717, 1.165) is 12.2 Å². The van der Waals surface area contributed by atoms with Gasteiger partial charge in [0.25, 0.3) is 0 Å². The Bertz CT molecular complexity index is 315. The van der Waals surface area contributed by atoms with Gasteiger partial charge < -0.3 is 19.9 Å². The fourth-order valence-corrected chi connectivity index (χ4v) is 1.22. The third kappa shape index (κ3) is 4.40. The second-order valence-corrected chi connectivity index (χ2v) is 3.43. The van der Waals surface area contributed by atoms with Gasteiger partial charge in [0.05, 0.1) is 13.2 Å². The van der Waals surface area contributed by atoms with Gasteiger partial charge in [-0.25, -0.2) is 0 Å². The molecule has 0 fully saturated rings. The summed E-state index contributed by atoms with van der Waals surface area (Å²) in [6.07, 6.45) is 0.967. The lowest BCUT2D eigenvalue weighted by molar-refractivity contribution is 0.146. The first-order chi connectivity index (χ1) is 7.76. The number of anilines is 1. The molecule has 0 aliphatic carbocycles. The summed E-state index contributed by atoms with van der Waals surface area (Å²) in [5, 5.41) is 0. The molecule has 1 aromatic carbocycles. The summed E-state index contributed by atoms with van der Waals surface area (Å²) < 4.78 is 15.9. The van der Waals surface area contributed by atoms with Crippen molar-refractivity contribution in [2.45, 2.75) is 13.3 Å². The molecule has 4 nitrogen and oxygen atoms in total. The minimum Gasteiger partial charge on any atom is -0.493 e. The first kappa shape index (κ1) is 12.6. The normalized spacial score (nSPS) is 10.1. The summed E-state index contributed by atoms with van der Waals surface area (Å²) in [7, 11) is 1.64. The standard InChI is InChI=1S/C12H19NO3/c1-3-4-15-11-7-10(13)8-12(9-11)16-6-5-14-2/h7-9H,3-6,13H2,1-2H3. The molecule has 0 aliphatic rings. The predicted molar refractivity (Wildman–Crippen MR) is 64.0 cm³/mol. The van der Waals surface area contributed by atoms with Crippen LogP contribution in [0.3, 0.4) is 0 Å². The van der Waals surface area contributed by atoms with Crippen molar-refractivity contribution >= 4 is 5.69 Å². The minimum atomic E-state index is 0.507. The summed E-state index contributed by atoms with van der Waals surface area (Å²) in [4.78, 5) is 0. The number of nitrogen functional groups attached to an aromatic ring is 1. The maximum Gasteiger partial charge on any atom is 0.125 e. The Kier molecular flexibility index (Phi) is 5.50. The van der Waals surface area contributed by atoms with Crippen LogP contribution >= 0.6 is 0 Å². The molecule has 4 heteroatoms. The van der Waals surface area contributed by atoms with Gasteiger partial charge in [0.2, 0.25) is 0 Å². The van der Waals surface area contributed by atoms with Gasteiger partial charge in [0.1, 0.15) is 18.1 Å². The molecular formula is C12H19NO3. The van der Waals surface area contributed by atoms with Gasteiger partial charge >= 0.3 is 0 Å². The van der Waals surface area contributed by atoms with Crippen LogP contribution in [0.15, 0.2) is 18.2 Å². The largest absolute Gasteiger partial charge is 0.493 e. The van der Waals surface area contributed by atoms with Gasteiger partial charge in [0.15, 0.2) is 0 Å². The van der Waals surface area contributed by atoms with E-state index in [-0.39, 0.29) is 0 Å². The van der Waals surface area contributed by atoms with Crippen LogP contribution in [0, 0.1) is 0 Å². The molecule has 0 radical (unpaired) electrons. The number of benzene rings is 1. The first-order valence-corrected chi connectivity index (χ1v) is 5.41. The smallest absolute Gasteiger partial charge is 0.125 e. The van der Waals surface area contributed by atoms with E-state index in [4.69, 9.17) is 19.9 Å². The summed E-state index contributed by atoms with van der Waals surface area (Å²) >= 11 is 0. The molecule has 16 heavy (non-hydrogen) atoms. The van der Waals surface area contributed by atoms with Crippen molar-refractivity contribution in [3.8, 4) is 11.5 Å². The summed E-state index contributed by atoms with van der Waals surface area (Å²) in [5.41, 5.74) is 6.38. The minimum absolute atomic E-state index is 0.507. The van der Waals surface area contributed by atoms with E-state index in [2.05, 4.69) is 6.92 Å². The van der Waals surface area contributed by atoms with Crippen LogP contribution in [0.25, 0.3) is 0 Å². The number of ether oxygens (including phenoxy) is 3. The number of rotatable bonds is 7. The Morgan fingerprint density at radius 3 is 2.19 bits per heavy atom. The molecule has 2 N–H and O–H groups in total. The monoisotopic (exact) mass is 225 g/mol. The average Bonchev–Trinajstić information content (AvgIpc) is 2.26. The van der Waals surface area contributed by atoms with E-state index in [0.29, 0.717) is 31.3 Å². The van der Waals surface area contributed by atoms with Gasteiger partial charge in [-0.15, -0.1) is 0 Å². The Balaban J connectivity index is 2.58. The first-order valence-electron chi connectivity index (χ1n) is 5.41. The maximum atomic E-state index is 5.74. The summed E-state index contributed by atoms with van der Waals surface area (Å²) in [6, 6.07) is 5.40. The highest BCUT2D eigenvalue weighted by atomic mass is 16.5. The molecule has 0 saturated heterocycles. The van der Waals surface area contributed by atoms with Crippen LogP contribution in [-0.4, -0.2) is 26.9 Å². The van der Waals surface area contributed by atoms with Crippen molar-refractivity contribution in [2.24, 2.45) is 0 Å². The van der Waals surface area contributed by atoms with E-state index >= 15 is 0 Å². The summed E-state index contributed by atoms with van der Waals surface area (Å²) in [5.74, 6) is 1.46. The van der Waals surface area contributed by atoms with Gasteiger partial charge in [-0.1, -0.05) is 6.92 Å². The van der Waals surface area contributed by atoms with Crippen molar-refractivity contribution in [1.82, 2.24) is 0 Å². The Morgan fingerprint density at radius 2 is 1.62 bits per heavy atom. The quantitative estimate of drug-likeness (QED) is 0.570. The fourth-order valence-electron chi connectivity index (χ4n) is 1.22. The second-order valence-electron chi connectivity index (χ2n) is 3.43. The Labute approximate surface area is 96.3 Å². The molecule has 0 saturated carbocycles. The van der Waals surface area contributed by atoms with Crippen LogP contribution in [0.5, 0.6) is 11.5 Å². The summed E-state index contributed by atoms with van der Waals surface area (Å²) in [6.45, 7) is 3.80. The average molecular weight is 225 g/mol. The number of methoxy groups -OCH3 is 1. The molecule has 0 aliphatic heterocycles. The van der Waals surface area contributed by atoms with Crippen molar-refractivity contribution < 1.29 is 14.2 Å². The molecule has 0 unspecified atom stereocenters. The lowest BCUT2D eigenvalue weighted by Gasteiger charge is -2.10. The molecule has 0 aromatic heterocycles. The highest BCUT2D eigenvalue weighted by Crippen LogP contribution is 2.24. The molecule has 0 bridgehead atoms. The van der Waals surface area contributed by atoms with Crippen molar-refractivity contribution in [2.75, 3.05) is 32.7 Å². The van der Waals surface area contributed by atoms with Gasteiger partial charge in [-0.05, 0) is 6.42 Å². The van der Waals surface area contributed by atoms with Crippen LogP contribution in [-0.2, 0) is 4.74 Å². The Morgan fingerprint density at radius 1 is 1.00 bits per heavy atom. The van der Waals surface area contributed by atoms with E-state index < -0.39 is 0 Å². The second kappa shape index (κ2) is 6.95. The van der Waals surface area contributed by atoms with Gasteiger partial charge in [-0.3, -0.25) is 0 Å². The van der Waals surface area contributed by atoms with Gasteiger partial charge in [0, 0.05) is 31.0 Å². The molecule has 0 spiro atoms. The molecule has 0 heterocycles. The lowest BCUT2D eigenvalue weighted by Crippen LogP contribution is -2.05. The van der Waals surface area contributed by atoms with E-state index in [1.807, 2.05) is 6.07 Å². The molecule has 0 amide bonds. The molecular weight excluding hydrogens is 206 g/mol. The molecule has 90 valence electrons. The number of hydrogen-bond acceptors (Lipinski definition) is 4.